The monoisotopic (exact) mass is 406 g/mol. The lowest BCUT2D eigenvalue weighted by Gasteiger charge is -2.15. The Morgan fingerprint density at radius 1 is 1.17 bits per heavy atom. The van der Waals surface area contributed by atoms with E-state index in [-0.39, 0.29) is 24.3 Å². The van der Waals surface area contributed by atoms with Gasteiger partial charge in [-0.05, 0) is 45.4 Å². The van der Waals surface area contributed by atoms with Gasteiger partial charge in [0.15, 0.2) is 5.78 Å². The van der Waals surface area contributed by atoms with Gasteiger partial charge in [-0.15, -0.1) is 0 Å². The summed E-state index contributed by atoms with van der Waals surface area (Å²) in [7, 11) is 0. The number of hydrogen-bond acceptors (Lipinski definition) is 3. The van der Waals surface area contributed by atoms with Crippen molar-refractivity contribution in [1.29, 1.82) is 0 Å². The van der Waals surface area contributed by atoms with Gasteiger partial charge in [0.2, 0.25) is 0 Å². The minimum Gasteiger partial charge on any atom is -0.361 e. The molecule has 1 aromatic carbocycles. The predicted octanol–water partition coefficient (Wildman–Crippen LogP) is 3.51. The van der Waals surface area contributed by atoms with Crippen LogP contribution in [0.1, 0.15) is 47.2 Å². The van der Waals surface area contributed by atoms with Gasteiger partial charge in [0, 0.05) is 46.5 Å². The summed E-state index contributed by atoms with van der Waals surface area (Å²) >= 11 is 0. The zero-order chi connectivity index (χ0) is 21.6. The van der Waals surface area contributed by atoms with Gasteiger partial charge in [-0.25, -0.2) is 4.79 Å². The molecule has 1 saturated heterocycles. The number of imide groups is 1. The number of ketones is 1. The molecule has 30 heavy (non-hydrogen) atoms. The molecule has 156 valence electrons. The first-order valence-electron chi connectivity index (χ1n) is 10.2. The van der Waals surface area contributed by atoms with Crippen molar-refractivity contribution in [3.63, 3.8) is 0 Å². The number of rotatable bonds is 6. The Morgan fingerprint density at radius 3 is 2.60 bits per heavy atom. The number of para-hydroxylation sites is 1. The molecule has 7 heteroatoms. The van der Waals surface area contributed by atoms with Crippen LogP contribution in [0.4, 0.5) is 4.79 Å². The highest BCUT2D eigenvalue weighted by Crippen LogP contribution is 2.23. The topological polar surface area (TPSA) is 87.2 Å². The summed E-state index contributed by atoms with van der Waals surface area (Å²) in [5.41, 5.74) is 4.34. The molecule has 3 aromatic rings. The molecule has 0 saturated carbocycles. The Kier molecular flexibility index (Phi) is 4.97. The summed E-state index contributed by atoms with van der Waals surface area (Å²) in [5.74, 6) is -0.595. The quantitative estimate of drug-likeness (QED) is 0.485. The van der Waals surface area contributed by atoms with E-state index in [2.05, 4.69) is 28.7 Å². The smallest absolute Gasteiger partial charge is 0.325 e. The molecule has 1 atom stereocenters. The van der Waals surface area contributed by atoms with E-state index >= 15 is 0 Å². The molecule has 3 amide bonds. The summed E-state index contributed by atoms with van der Waals surface area (Å²) < 4.78 is 2.08. The molecule has 7 nitrogen and oxygen atoms in total. The molecule has 0 radical (unpaired) electrons. The van der Waals surface area contributed by atoms with Gasteiger partial charge >= 0.3 is 6.03 Å². The molecule has 4 rings (SSSR count). The van der Waals surface area contributed by atoms with Gasteiger partial charge in [0.1, 0.15) is 6.04 Å². The second-order valence-electron chi connectivity index (χ2n) is 8.16. The maximum Gasteiger partial charge on any atom is 0.325 e. The van der Waals surface area contributed by atoms with Crippen LogP contribution in [0.3, 0.4) is 0 Å². The number of aromatic amines is 1. The molecule has 0 bridgehead atoms. The van der Waals surface area contributed by atoms with Gasteiger partial charge in [-0.2, -0.15) is 0 Å². The third kappa shape index (κ3) is 3.30. The lowest BCUT2D eigenvalue weighted by Crippen LogP contribution is -2.36. The zero-order valence-corrected chi connectivity index (χ0v) is 17.7. The number of hydrogen-bond donors (Lipinski definition) is 2. The van der Waals surface area contributed by atoms with E-state index in [1.54, 1.807) is 0 Å². The van der Waals surface area contributed by atoms with Crippen LogP contribution in [0.2, 0.25) is 0 Å². The summed E-state index contributed by atoms with van der Waals surface area (Å²) in [6, 6.07) is 8.69. The number of nitrogens with one attached hydrogen (secondary N) is 2. The molecule has 2 aromatic heterocycles. The second kappa shape index (κ2) is 7.48. The predicted molar refractivity (Wildman–Crippen MR) is 115 cm³/mol. The number of carbonyl (C=O) groups is 3. The van der Waals surface area contributed by atoms with Gasteiger partial charge in [0.05, 0.1) is 6.54 Å². The number of amides is 3. The first-order chi connectivity index (χ1) is 14.3. The summed E-state index contributed by atoms with van der Waals surface area (Å²) in [6.45, 7) is 7.71. The fourth-order valence-electron chi connectivity index (χ4n) is 4.47. The third-order valence-electron chi connectivity index (χ3n) is 5.81. The zero-order valence-electron chi connectivity index (χ0n) is 17.7. The van der Waals surface area contributed by atoms with Crippen LogP contribution in [0.5, 0.6) is 0 Å². The Morgan fingerprint density at radius 2 is 1.90 bits per heavy atom. The summed E-state index contributed by atoms with van der Waals surface area (Å²) in [4.78, 5) is 42.5. The van der Waals surface area contributed by atoms with Gasteiger partial charge in [0.25, 0.3) is 5.91 Å². The van der Waals surface area contributed by atoms with Crippen molar-refractivity contribution in [3.8, 4) is 0 Å². The Balaban J connectivity index is 1.51. The number of urea groups is 1. The molecule has 0 aliphatic carbocycles. The maximum atomic E-state index is 12.9. The first-order valence-corrected chi connectivity index (χ1v) is 10.2. The number of benzene rings is 1. The number of Topliss-reactive ketones (excluding diaryl/α,β-unsaturated/α-hetero) is 1. The van der Waals surface area contributed by atoms with E-state index in [0.29, 0.717) is 12.0 Å². The minimum absolute atomic E-state index is 0.226. The third-order valence-corrected chi connectivity index (χ3v) is 5.81. The van der Waals surface area contributed by atoms with Crippen LogP contribution in [0, 0.1) is 13.8 Å². The van der Waals surface area contributed by atoms with Crippen LogP contribution in [-0.4, -0.2) is 44.8 Å². The molecule has 3 heterocycles. The van der Waals surface area contributed by atoms with Gasteiger partial charge in [-0.1, -0.05) is 18.2 Å². The Hall–Kier alpha value is -3.35. The number of H-pyrrole nitrogens is 1. The highest BCUT2D eigenvalue weighted by Gasteiger charge is 2.39. The van der Waals surface area contributed by atoms with Crippen LogP contribution >= 0.6 is 0 Å². The lowest BCUT2D eigenvalue weighted by atomic mass is 10.0. The molecular formula is C23H26N4O3. The van der Waals surface area contributed by atoms with E-state index in [1.165, 1.54) is 0 Å². The van der Waals surface area contributed by atoms with E-state index < -0.39 is 12.1 Å². The molecule has 1 unspecified atom stereocenters. The standard InChI is InChI=1S/C23H26N4O3/c1-13(2)27-14(3)9-18(15(27)4)21(28)12-26-22(29)20(25-23(26)30)10-16-11-24-19-8-6-5-7-17(16)19/h5-9,11,13,20,24H,10,12H2,1-4H3,(H,25,30). The average molecular weight is 406 g/mol. The normalized spacial score (nSPS) is 16.7. The van der Waals surface area contributed by atoms with Crippen LogP contribution < -0.4 is 5.32 Å². The lowest BCUT2D eigenvalue weighted by molar-refractivity contribution is -0.127. The van der Waals surface area contributed by atoms with Gasteiger partial charge < -0.3 is 14.9 Å². The molecule has 1 aliphatic rings. The minimum atomic E-state index is -0.674. The number of aryl methyl sites for hydroxylation is 1. The molecule has 1 aliphatic heterocycles. The van der Waals surface area contributed by atoms with Crippen molar-refractivity contribution in [2.75, 3.05) is 6.54 Å². The molecular weight excluding hydrogens is 380 g/mol. The van der Waals surface area contributed by atoms with Crippen molar-refractivity contribution in [2.45, 2.75) is 46.2 Å². The van der Waals surface area contributed by atoms with Crippen molar-refractivity contribution in [2.24, 2.45) is 0 Å². The number of aromatic nitrogens is 2. The van der Waals surface area contributed by atoms with E-state index in [4.69, 9.17) is 0 Å². The highest BCUT2D eigenvalue weighted by molar-refractivity contribution is 6.09. The SMILES string of the molecule is Cc1cc(C(=O)CN2C(=O)NC(Cc3c[nH]c4ccccc34)C2=O)c(C)n1C(C)C. The van der Waals surface area contributed by atoms with E-state index in [9.17, 15) is 14.4 Å². The van der Waals surface area contributed by atoms with Crippen LogP contribution in [0.25, 0.3) is 10.9 Å². The average Bonchev–Trinajstić information content (AvgIpc) is 3.32. The van der Waals surface area contributed by atoms with Crippen molar-refractivity contribution in [1.82, 2.24) is 19.8 Å². The van der Waals surface area contributed by atoms with E-state index in [0.717, 1.165) is 32.8 Å². The molecule has 2 N–H and O–H groups in total. The highest BCUT2D eigenvalue weighted by atomic mass is 16.2. The summed E-state index contributed by atoms with van der Waals surface area (Å²) in [6.07, 6.45) is 2.24. The number of fused-ring (bicyclic) bond motifs is 1. The van der Waals surface area contributed by atoms with Crippen LogP contribution in [-0.2, 0) is 11.2 Å². The van der Waals surface area contributed by atoms with Crippen molar-refractivity contribution >= 4 is 28.6 Å². The van der Waals surface area contributed by atoms with Gasteiger partial charge in [-0.3, -0.25) is 14.5 Å². The van der Waals surface area contributed by atoms with Crippen molar-refractivity contribution < 1.29 is 14.4 Å². The molecule has 0 spiro atoms. The Labute approximate surface area is 175 Å². The van der Waals surface area contributed by atoms with E-state index in [1.807, 2.05) is 50.4 Å². The maximum absolute atomic E-state index is 12.9. The number of nitrogens with zero attached hydrogens (tertiary/aromatic N) is 2. The fraction of sp³-hybridized carbons (Fsp3) is 0.348. The number of carbonyl (C=O) groups excluding carboxylic acids is 3. The molecule has 1 fully saturated rings. The largest absolute Gasteiger partial charge is 0.361 e. The van der Waals surface area contributed by atoms with Crippen molar-refractivity contribution in [3.05, 3.63) is 59.0 Å². The first kappa shape index (κ1) is 19.9. The Bertz CT molecular complexity index is 1150. The fourth-order valence-corrected chi connectivity index (χ4v) is 4.47. The van der Waals surface area contributed by atoms with Crippen LogP contribution in [0.15, 0.2) is 36.5 Å². The summed E-state index contributed by atoms with van der Waals surface area (Å²) in [5, 5.41) is 3.75. The second-order valence-corrected chi connectivity index (χ2v) is 8.16.